The Morgan fingerprint density at radius 2 is 1.90 bits per heavy atom. The summed E-state index contributed by atoms with van der Waals surface area (Å²) in [7, 11) is 0. The van der Waals surface area contributed by atoms with Gasteiger partial charge in [-0.2, -0.15) is 0 Å². The van der Waals surface area contributed by atoms with Crippen molar-refractivity contribution in [1.82, 2.24) is 9.55 Å². The summed E-state index contributed by atoms with van der Waals surface area (Å²) in [5, 5.41) is 0. The van der Waals surface area contributed by atoms with Gasteiger partial charge in [0.05, 0.1) is 0 Å². The molecule has 0 fully saturated rings. The summed E-state index contributed by atoms with van der Waals surface area (Å²) in [5.41, 5.74) is 6.25. The Balaban J connectivity index is 2.71. The van der Waals surface area contributed by atoms with E-state index in [-0.39, 0.29) is 11.1 Å². The molecule has 0 bridgehead atoms. The molecule has 5 heteroatoms. The number of halogens is 2. The second-order valence-corrected chi connectivity index (χ2v) is 5.72. The maximum Gasteiger partial charge on any atom is 0.168 e. The van der Waals surface area contributed by atoms with E-state index in [1.165, 1.54) is 12.1 Å². The van der Waals surface area contributed by atoms with Crippen molar-refractivity contribution in [3.63, 3.8) is 0 Å². The fraction of sp³-hybridized carbons (Fsp3) is 0.400. The predicted molar refractivity (Wildman–Crippen MR) is 76.4 cm³/mol. The first kappa shape index (κ1) is 14.5. The molecule has 2 N–H and O–H groups in total. The Bertz CT molecular complexity index is 639. The van der Waals surface area contributed by atoms with Gasteiger partial charge in [-0.1, -0.05) is 13.0 Å². The summed E-state index contributed by atoms with van der Waals surface area (Å²) in [5.74, 6) is -0.696. The summed E-state index contributed by atoms with van der Waals surface area (Å²) in [6, 6.07) is 4.02. The molecule has 20 heavy (non-hydrogen) atoms. The highest BCUT2D eigenvalue weighted by Crippen LogP contribution is 2.33. The average molecular weight is 279 g/mol. The van der Waals surface area contributed by atoms with Crippen LogP contribution in [0.2, 0.25) is 0 Å². The molecule has 0 aliphatic heterocycles. The van der Waals surface area contributed by atoms with Crippen molar-refractivity contribution >= 4 is 5.82 Å². The van der Waals surface area contributed by atoms with E-state index in [9.17, 15) is 8.78 Å². The van der Waals surface area contributed by atoms with Crippen LogP contribution in [0.15, 0.2) is 18.2 Å². The van der Waals surface area contributed by atoms with E-state index < -0.39 is 11.6 Å². The number of aryl methyl sites for hydroxylation is 1. The normalized spacial score (nSPS) is 11.9. The zero-order valence-electron chi connectivity index (χ0n) is 12.2. The first-order valence-electron chi connectivity index (χ1n) is 6.59. The largest absolute Gasteiger partial charge is 0.383 e. The van der Waals surface area contributed by atoms with Crippen molar-refractivity contribution in [2.75, 3.05) is 5.73 Å². The molecule has 2 rings (SSSR count). The van der Waals surface area contributed by atoms with Crippen molar-refractivity contribution in [3.05, 3.63) is 35.7 Å². The van der Waals surface area contributed by atoms with Crippen LogP contribution in [-0.2, 0) is 12.0 Å². The third-order valence-corrected chi connectivity index (χ3v) is 3.18. The van der Waals surface area contributed by atoms with Crippen LogP contribution in [0, 0.1) is 11.6 Å². The lowest BCUT2D eigenvalue weighted by Crippen LogP contribution is -2.25. The summed E-state index contributed by atoms with van der Waals surface area (Å²) in [6.45, 7) is 7.94. The van der Waals surface area contributed by atoms with Gasteiger partial charge < -0.3 is 10.3 Å². The van der Waals surface area contributed by atoms with Gasteiger partial charge in [-0.3, -0.25) is 0 Å². The molecule has 1 aromatic heterocycles. The molecule has 0 aliphatic carbocycles. The van der Waals surface area contributed by atoms with Crippen molar-refractivity contribution in [2.24, 2.45) is 0 Å². The first-order chi connectivity index (χ1) is 9.27. The molecule has 3 nitrogen and oxygen atoms in total. The van der Waals surface area contributed by atoms with Crippen molar-refractivity contribution < 1.29 is 8.78 Å². The molecule has 0 unspecified atom stereocenters. The van der Waals surface area contributed by atoms with Crippen molar-refractivity contribution in [1.29, 1.82) is 0 Å². The van der Waals surface area contributed by atoms with Gasteiger partial charge in [0.2, 0.25) is 0 Å². The zero-order valence-corrected chi connectivity index (χ0v) is 12.2. The number of nitrogens with zero attached hydrogens (tertiary/aromatic N) is 2. The van der Waals surface area contributed by atoms with Crippen LogP contribution in [-0.4, -0.2) is 9.55 Å². The highest BCUT2D eigenvalue weighted by atomic mass is 19.2. The van der Waals surface area contributed by atoms with E-state index in [1.807, 2.05) is 32.3 Å². The van der Waals surface area contributed by atoms with Crippen LogP contribution in [0.3, 0.4) is 0 Å². The Kier molecular flexibility index (Phi) is 3.54. The molecule has 0 atom stereocenters. The maximum atomic E-state index is 13.9. The number of anilines is 1. The summed E-state index contributed by atoms with van der Waals surface area (Å²) in [4.78, 5) is 4.40. The van der Waals surface area contributed by atoms with E-state index >= 15 is 0 Å². The van der Waals surface area contributed by atoms with Gasteiger partial charge in [0, 0.05) is 17.5 Å². The minimum Gasteiger partial charge on any atom is -0.383 e. The van der Waals surface area contributed by atoms with Gasteiger partial charge >= 0.3 is 0 Å². The minimum atomic E-state index is -0.916. The number of imidazole rings is 1. The van der Waals surface area contributed by atoms with E-state index in [0.717, 1.165) is 11.9 Å². The number of hydrogen-bond acceptors (Lipinski definition) is 2. The second kappa shape index (κ2) is 4.89. The number of benzene rings is 1. The van der Waals surface area contributed by atoms with Crippen LogP contribution in [0.5, 0.6) is 0 Å². The summed E-state index contributed by atoms with van der Waals surface area (Å²) in [6.07, 6.45) is 0.665. The highest BCUT2D eigenvalue weighted by Gasteiger charge is 2.25. The third-order valence-electron chi connectivity index (χ3n) is 3.18. The number of rotatable bonds is 2. The quantitative estimate of drug-likeness (QED) is 0.910. The number of aromatic nitrogens is 2. The minimum absolute atomic E-state index is 0.0974. The van der Waals surface area contributed by atoms with E-state index in [4.69, 9.17) is 5.73 Å². The average Bonchev–Trinajstić information content (AvgIpc) is 2.69. The summed E-state index contributed by atoms with van der Waals surface area (Å²) < 4.78 is 29.2. The van der Waals surface area contributed by atoms with Crippen LogP contribution >= 0.6 is 0 Å². The maximum absolute atomic E-state index is 13.9. The van der Waals surface area contributed by atoms with Gasteiger partial charge in [-0.25, -0.2) is 13.8 Å². The number of nitrogen functional groups attached to an aromatic ring is 1. The van der Waals surface area contributed by atoms with Crippen molar-refractivity contribution in [2.45, 2.75) is 39.7 Å². The highest BCUT2D eigenvalue weighted by molar-refractivity contribution is 5.72. The zero-order chi connectivity index (χ0) is 15.1. The lowest BCUT2D eigenvalue weighted by atomic mass is 10.1. The Morgan fingerprint density at radius 3 is 2.40 bits per heavy atom. The molecular formula is C15H19F2N3. The fourth-order valence-electron chi connectivity index (χ4n) is 2.35. The van der Waals surface area contributed by atoms with Gasteiger partial charge in [0.25, 0.3) is 0 Å². The van der Waals surface area contributed by atoms with Crippen LogP contribution in [0.25, 0.3) is 11.3 Å². The number of hydrogen-bond donors (Lipinski definition) is 1. The van der Waals surface area contributed by atoms with Gasteiger partial charge in [0.1, 0.15) is 17.3 Å². The molecule has 0 saturated heterocycles. The van der Waals surface area contributed by atoms with Crippen LogP contribution in [0.4, 0.5) is 14.6 Å². The summed E-state index contributed by atoms with van der Waals surface area (Å²) >= 11 is 0. The van der Waals surface area contributed by atoms with E-state index in [0.29, 0.717) is 17.9 Å². The fourth-order valence-corrected chi connectivity index (χ4v) is 2.35. The monoisotopic (exact) mass is 279 g/mol. The third kappa shape index (κ3) is 2.28. The lowest BCUT2D eigenvalue weighted by Gasteiger charge is -2.24. The molecule has 0 amide bonds. The predicted octanol–water partition coefficient (Wildman–Crippen LogP) is 3.73. The molecule has 2 aromatic rings. The van der Waals surface area contributed by atoms with E-state index in [2.05, 4.69) is 4.98 Å². The van der Waals surface area contributed by atoms with Crippen molar-refractivity contribution in [3.8, 4) is 11.3 Å². The standard InChI is InChI=1S/C15H19F2N3/c1-5-11-19-13(14(18)20(11)15(2,3)4)9-7-6-8-10(16)12(9)17/h6-8H,5,18H2,1-4H3. The van der Waals surface area contributed by atoms with Gasteiger partial charge in [-0.15, -0.1) is 0 Å². The second-order valence-electron chi connectivity index (χ2n) is 5.72. The molecule has 0 aliphatic rings. The molecule has 1 aromatic carbocycles. The first-order valence-corrected chi connectivity index (χ1v) is 6.59. The molecule has 0 spiro atoms. The van der Waals surface area contributed by atoms with Crippen LogP contribution in [0.1, 0.15) is 33.5 Å². The molecule has 0 saturated carbocycles. The Morgan fingerprint density at radius 1 is 1.25 bits per heavy atom. The van der Waals surface area contributed by atoms with Gasteiger partial charge in [-0.05, 0) is 32.9 Å². The van der Waals surface area contributed by atoms with Gasteiger partial charge in [0.15, 0.2) is 11.6 Å². The van der Waals surface area contributed by atoms with Crippen LogP contribution < -0.4 is 5.73 Å². The molecule has 1 heterocycles. The van der Waals surface area contributed by atoms with E-state index in [1.54, 1.807) is 0 Å². The SMILES string of the molecule is CCc1nc(-c2cccc(F)c2F)c(N)n1C(C)(C)C. The molecule has 0 radical (unpaired) electrons. The Labute approximate surface area is 117 Å². The smallest absolute Gasteiger partial charge is 0.168 e. The molecular weight excluding hydrogens is 260 g/mol. The lowest BCUT2D eigenvalue weighted by molar-refractivity contribution is 0.389. The topological polar surface area (TPSA) is 43.8 Å². The molecule has 108 valence electrons. The Hall–Kier alpha value is -1.91. The number of nitrogens with two attached hydrogens (primary N) is 1.